The molecule has 2 unspecified atom stereocenters. The number of esters is 2. The number of carbonyl (C=O) groups is 2. The lowest BCUT2D eigenvalue weighted by atomic mass is 9.56. The number of aliphatic hydroxyl groups is 1. The molecule has 0 amide bonds. The van der Waals surface area contributed by atoms with Gasteiger partial charge in [0.05, 0.1) is 33.4 Å². The molecular weight excluding hydrogens is 668 g/mol. The van der Waals surface area contributed by atoms with Crippen molar-refractivity contribution in [3.8, 4) is 5.75 Å². The van der Waals surface area contributed by atoms with Crippen LogP contribution in [0.2, 0.25) is 0 Å². The van der Waals surface area contributed by atoms with Gasteiger partial charge in [0.1, 0.15) is 11.2 Å². The highest BCUT2D eigenvalue weighted by molar-refractivity contribution is 5.93. The summed E-state index contributed by atoms with van der Waals surface area (Å²) in [5, 5.41) is 13.3. The van der Waals surface area contributed by atoms with Gasteiger partial charge in [0.2, 0.25) is 0 Å². The summed E-state index contributed by atoms with van der Waals surface area (Å²) in [5.41, 5.74) is 7.92. The molecule has 4 fully saturated rings. The number of nitrogens with one attached hydrogen (secondary N) is 2. The summed E-state index contributed by atoms with van der Waals surface area (Å²) in [6.45, 7) is 6.50. The summed E-state index contributed by atoms with van der Waals surface area (Å²) < 4.78 is 17.5. The number of likely N-dealkylation sites (N-methyl/N-ethyl adjacent to an activating group) is 1. The number of nitrogens with zero attached hydrogens (tertiary/aromatic N) is 2. The molecule has 280 valence electrons. The molecule has 10 nitrogen and oxygen atoms in total. The number of para-hydroxylation sites is 1. The van der Waals surface area contributed by atoms with Crippen molar-refractivity contribution in [2.75, 3.05) is 48.0 Å². The van der Waals surface area contributed by atoms with E-state index in [1.807, 2.05) is 6.92 Å². The van der Waals surface area contributed by atoms with Gasteiger partial charge in [-0.1, -0.05) is 29.8 Å². The average Bonchev–Trinajstić information content (AvgIpc) is 3.69. The zero-order valence-electron chi connectivity index (χ0n) is 31.7. The third-order valence-electron chi connectivity index (χ3n) is 14.2. The Bertz CT molecular complexity index is 2150. The number of hydrogen-bond donors (Lipinski definition) is 3. The molecule has 6 heterocycles. The predicted molar refractivity (Wildman–Crippen MR) is 203 cm³/mol. The third kappa shape index (κ3) is 4.94. The van der Waals surface area contributed by atoms with Gasteiger partial charge in [0, 0.05) is 88.4 Å². The topological polar surface area (TPSA) is 120 Å². The minimum absolute atomic E-state index is 0.00969. The number of methoxy groups -OCH3 is 3. The second kappa shape index (κ2) is 12.7. The van der Waals surface area contributed by atoms with Crippen molar-refractivity contribution in [1.29, 1.82) is 0 Å². The van der Waals surface area contributed by atoms with Gasteiger partial charge in [0.15, 0.2) is 0 Å². The van der Waals surface area contributed by atoms with Crippen molar-refractivity contribution in [3.05, 3.63) is 76.1 Å². The number of piperidine rings is 3. The molecule has 10 atom stereocenters. The number of aromatic nitrogens is 2. The molecule has 6 aliphatic rings. The van der Waals surface area contributed by atoms with E-state index in [0.717, 1.165) is 71.5 Å². The molecule has 3 saturated heterocycles. The molecule has 10 heteroatoms. The smallest absolute Gasteiger partial charge is 0.319 e. The standard InChI is InChI=1S/C43H52N4O6/c1-7-24-21-46(3)35-17-32-25-10-8-9-11-33(25)44-38(32)31(15-28(24)37(35)41(49)52-5)30-16-29-26-12-13-47-20-23-14-27(22(2)48)40(47)43(19-23,42(50)53-6)39(26)45-34(29)18-36(30)51-4/h7-11,16,18,22-23,27-28,31,35,37,40,44-45,48H,12-15,17,19-21H2,1-6H3/b24-7-/t22-,23+,27+,28-,31-,35-,37?,40-,43+/m0/s1. The maximum atomic E-state index is 14.2. The van der Waals surface area contributed by atoms with Crippen LogP contribution in [0.25, 0.3) is 21.8 Å². The average molecular weight is 721 g/mol. The maximum absolute atomic E-state index is 14.2. The van der Waals surface area contributed by atoms with Crippen LogP contribution in [0.5, 0.6) is 5.75 Å². The van der Waals surface area contributed by atoms with E-state index in [1.54, 1.807) is 7.11 Å². The number of H-pyrrole nitrogens is 2. The molecule has 10 rings (SSSR count). The number of allylic oxidation sites excluding steroid dienone is 1. The molecule has 4 aromatic rings. The molecule has 53 heavy (non-hydrogen) atoms. The van der Waals surface area contributed by atoms with Crippen LogP contribution in [-0.2, 0) is 37.3 Å². The van der Waals surface area contributed by atoms with Crippen LogP contribution < -0.4 is 4.74 Å². The van der Waals surface area contributed by atoms with E-state index < -0.39 is 11.5 Å². The monoisotopic (exact) mass is 720 g/mol. The summed E-state index contributed by atoms with van der Waals surface area (Å²) in [6.07, 6.45) is 5.48. The highest BCUT2D eigenvalue weighted by atomic mass is 16.5. The van der Waals surface area contributed by atoms with Crippen LogP contribution in [0.3, 0.4) is 0 Å². The molecule has 3 N–H and O–H groups in total. The Hall–Kier alpha value is -4.12. The molecule has 0 spiro atoms. The number of carbonyl (C=O) groups excluding carboxylic acids is 2. The largest absolute Gasteiger partial charge is 0.496 e. The summed E-state index contributed by atoms with van der Waals surface area (Å²) in [5.74, 6) is 0.188. The van der Waals surface area contributed by atoms with E-state index in [0.29, 0.717) is 25.2 Å². The number of aromatic amines is 2. The van der Waals surface area contributed by atoms with E-state index in [4.69, 9.17) is 14.2 Å². The molecule has 0 radical (unpaired) electrons. The SMILES string of the molecule is C/C=C1/CN(C)[C@H]2Cc3c([nH]c4ccccc34)[C@H](c3cc4c5c([nH]c4cc3OC)[C@]3(C(=O)OC)C[C@H]4C[C@H]([C@H](C)O)[C@@H]3N(CC5)C4)C[C@@H]1C2C(=O)OC. The lowest BCUT2D eigenvalue weighted by molar-refractivity contribution is -0.166. The number of likely N-dealkylation sites (tertiary alicyclic amines) is 1. The molecule has 2 aliphatic carbocycles. The Labute approximate surface area is 310 Å². The number of aliphatic hydroxyl groups excluding tert-OH is 1. The first-order valence-corrected chi connectivity index (χ1v) is 19.4. The van der Waals surface area contributed by atoms with Crippen molar-refractivity contribution in [1.82, 2.24) is 19.8 Å². The van der Waals surface area contributed by atoms with Gasteiger partial charge >= 0.3 is 11.9 Å². The lowest BCUT2D eigenvalue weighted by Crippen LogP contribution is -2.68. The molecule has 4 aliphatic heterocycles. The molecular formula is C43H52N4O6. The molecule has 2 aromatic heterocycles. The van der Waals surface area contributed by atoms with Gasteiger partial charge in [-0.25, -0.2) is 0 Å². The fraction of sp³-hybridized carbons (Fsp3) is 0.535. The number of ether oxygens (including phenoxy) is 3. The van der Waals surface area contributed by atoms with Crippen LogP contribution in [0, 0.1) is 23.7 Å². The summed E-state index contributed by atoms with van der Waals surface area (Å²) in [6, 6.07) is 12.7. The number of rotatable bonds is 5. The normalized spacial score (nSPS) is 33.5. The fourth-order valence-electron chi connectivity index (χ4n) is 12.0. The van der Waals surface area contributed by atoms with Crippen molar-refractivity contribution in [2.45, 2.75) is 75.5 Å². The van der Waals surface area contributed by atoms with Crippen LogP contribution in [0.4, 0.5) is 0 Å². The first-order chi connectivity index (χ1) is 25.6. The quantitative estimate of drug-likeness (QED) is 0.184. The van der Waals surface area contributed by atoms with Gasteiger partial charge < -0.3 is 29.3 Å². The van der Waals surface area contributed by atoms with Gasteiger partial charge in [0.25, 0.3) is 0 Å². The van der Waals surface area contributed by atoms with Gasteiger partial charge in [-0.15, -0.1) is 0 Å². The van der Waals surface area contributed by atoms with E-state index in [-0.39, 0.29) is 47.7 Å². The molecule has 6 bridgehead atoms. The second-order valence-electron chi connectivity index (χ2n) is 16.5. The van der Waals surface area contributed by atoms with Crippen LogP contribution in [0.1, 0.15) is 67.1 Å². The van der Waals surface area contributed by atoms with Crippen molar-refractivity contribution < 1.29 is 28.9 Å². The van der Waals surface area contributed by atoms with Gasteiger partial charge in [-0.05, 0) is 88.1 Å². The Kier molecular flexibility index (Phi) is 8.33. The highest BCUT2D eigenvalue weighted by Crippen LogP contribution is 2.56. The maximum Gasteiger partial charge on any atom is 0.319 e. The van der Waals surface area contributed by atoms with E-state index in [2.05, 4.69) is 76.2 Å². The number of benzene rings is 2. The predicted octanol–water partition coefficient (Wildman–Crippen LogP) is 5.46. The lowest BCUT2D eigenvalue weighted by Gasteiger charge is -2.58. The number of hydrogen-bond acceptors (Lipinski definition) is 8. The molecule has 1 saturated carbocycles. The van der Waals surface area contributed by atoms with Crippen molar-refractivity contribution in [3.63, 3.8) is 0 Å². The van der Waals surface area contributed by atoms with Crippen LogP contribution >= 0.6 is 0 Å². The van der Waals surface area contributed by atoms with Crippen molar-refractivity contribution in [2.24, 2.45) is 23.7 Å². The minimum Gasteiger partial charge on any atom is -0.496 e. The Morgan fingerprint density at radius 1 is 1.04 bits per heavy atom. The first kappa shape index (κ1) is 34.6. The first-order valence-electron chi connectivity index (χ1n) is 19.4. The summed E-state index contributed by atoms with van der Waals surface area (Å²) in [4.78, 5) is 40.5. The minimum atomic E-state index is -0.905. The van der Waals surface area contributed by atoms with E-state index >= 15 is 0 Å². The Morgan fingerprint density at radius 2 is 1.85 bits per heavy atom. The summed E-state index contributed by atoms with van der Waals surface area (Å²) >= 11 is 0. The highest BCUT2D eigenvalue weighted by Gasteiger charge is 2.64. The van der Waals surface area contributed by atoms with E-state index in [1.165, 1.54) is 36.4 Å². The van der Waals surface area contributed by atoms with Crippen molar-refractivity contribution >= 4 is 33.7 Å². The zero-order chi connectivity index (χ0) is 36.9. The zero-order valence-corrected chi connectivity index (χ0v) is 31.7. The van der Waals surface area contributed by atoms with Gasteiger partial charge in [-0.2, -0.15) is 0 Å². The third-order valence-corrected chi connectivity index (χ3v) is 14.2. The summed E-state index contributed by atoms with van der Waals surface area (Å²) in [7, 11) is 6.87. The van der Waals surface area contributed by atoms with Gasteiger partial charge in [-0.3, -0.25) is 19.4 Å². The number of fused-ring (bicyclic) bond motifs is 9. The second-order valence-corrected chi connectivity index (χ2v) is 16.5. The fourth-order valence-corrected chi connectivity index (χ4v) is 12.0. The van der Waals surface area contributed by atoms with Crippen LogP contribution in [0.15, 0.2) is 48.0 Å². The Morgan fingerprint density at radius 3 is 2.58 bits per heavy atom. The molecule has 2 aromatic carbocycles. The van der Waals surface area contributed by atoms with E-state index in [9.17, 15) is 14.7 Å². The Balaban J connectivity index is 1.27. The van der Waals surface area contributed by atoms with Crippen LogP contribution in [-0.4, -0.2) is 103 Å².